The van der Waals surface area contributed by atoms with Crippen LogP contribution in [-0.2, 0) is 14.8 Å². The molecule has 0 radical (unpaired) electrons. The van der Waals surface area contributed by atoms with Gasteiger partial charge >= 0.3 is 0 Å². The zero-order valence-corrected chi connectivity index (χ0v) is 15.6. The maximum atomic E-state index is 13.0. The van der Waals surface area contributed by atoms with Crippen LogP contribution < -0.4 is 5.32 Å². The van der Waals surface area contributed by atoms with Gasteiger partial charge in [-0.05, 0) is 31.7 Å². The third kappa shape index (κ3) is 4.53. The van der Waals surface area contributed by atoms with Crippen LogP contribution in [0, 0.1) is 5.92 Å². The van der Waals surface area contributed by atoms with E-state index in [1.54, 1.807) is 5.38 Å². The summed E-state index contributed by atoms with van der Waals surface area (Å²) < 4.78 is 26.7. The van der Waals surface area contributed by atoms with E-state index in [0.717, 1.165) is 15.6 Å². The summed E-state index contributed by atoms with van der Waals surface area (Å²) in [5.41, 5.74) is 0. The molecule has 0 bridgehead atoms. The van der Waals surface area contributed by atoms with Gasteiger partial charge in [-0.15, -0.1) is 11.3 Å². The van der Waals surface area contributed by atoms with Crippen molar-refractivity contribution < 1.29 is 18.3 Å². The van der Waals surface area contributed by atoms with E-state index in [1.807, 2.05) is 13.8 Å². The zero-order chi connectivity index (χ0) is 17.7. The molecule has 0 spiro atoms. The third-order valence-electron chi connectivity index (χ3n) is 4.02. The molecule has 2 rings (SSSR count). The Bertz CT molecular complexity index is 631. The molecular weight excluding hydrogens is 350 g/mol. The zero-order valence-electron chi connectivity index (χ0n) is 14.0. The van der Waals surface area contributed by atoms with Crippen LogP contribution in [0.25, 0.3) is 0 Å². The fourth-order valence-electron chi connectivity index (χ4n) is 2.73. The third-order valence-corrected chi connectivity index (χ3v) is 7.05. The molecule has 1 unspecified atom stereocenters. The average molecular weight is 376 g/mol. The highest BCUT2D eigenvalue weighted by atomic mass is 32.2. The molecule has 0 saturated carbocycles. The monoisotopic (exact) mass is 375 g/mol. The lowest BCUT2D eigenvalue weighted by molar-refractivity contribution is -0.130. The molecule has 1 fully saturated rings. The molecule has 1 aliphatic rings. The van der Waals surface area contributed by atoms with E-state index in [9.17, 15) is 18.3 Å². The Morgan fingerprint density at radius 3 is 2.92 bits per heavy atom. The maximum Gasteiger partial charge on any atom is 0.294 e. The van der Waals surface area contributed by atoms with Gasteiger partial charge in [0.25, 0.3) is 10.0 Å². The van der Waals surface area contributed by atoms with Gasteiger partial charge in [-0.1, -0.05) is 13.8 Å². The van der Waals surface area contributed by atoms with Gasteiger partial charge in [0.2, 0.25) is 10.2 Å². The van der Waals surface area contributed by atoms with Gasteiger partial charge in [0.15, 0.2) is 0 Å². The molecule has 24 heavy (non-hydrogen) atoms. The molecule has 1 saturated heterocycles. The van der Waals surface area contributed by atoms with Crippen molar-refractivity contribution in [2.75, 3.05) is 13.1 Å². The number of sulfonamides is 1. The molecular formula is C15H25N3O4S2. The number of hydrogen-bond acceptors (Lipinski definition) is 7. The Hall–Kier alpha value is -1.03. The van der Waals surface area contributed by atoms with E-state index < -0.39 is 28.1 Å². The predicted molar refractivity (Wildman–Crippen MR) is 92.1 cm³/mol. The number of aliphatic hydroxyl groups excluding tert-OH is 1. The van der Waals surface area contributed by atoms with Gasteiger partial charge in [0.05, 0.1) is 12.1 Å². The van der Waals surface area contributed by atoms with E-state index in [2.05, 4.69) is 10.3 Å². The maximum absolute atomic E-state index is 13.0. The molecule has 1 aliphatic heterocycles. The number of carbonyl (C=O) groups is 1. The quantitative estimate of drug-likeness (QED) is 0.775. The molecule has 2 atom stereocenters. The summed E-state index contributed by atoms with van der Waals surface area (Å²) >= 11 is 0.980. The number of nitrogens with one attached hydrogen (secondary N) is 1. The van der Waals surface area contributed by atoms with Crippen molar-refractivity contribution in [3.8, 4) is 0 Å². The van der Waals surface area contributed by atoms with Crippen LogP contribution >= 0.6 is 11.3 Å². The van der Waals surface area contributed by atoms with Crippen LogP contribution in [0.1, 0.15) is 39.5 Å². The molecule has 1 aromatic rings. The number of aliphatic hydroxyl groups is 1. The molecule has 9 heteroatoms. The minimum Gasteiger partial charge on any atom is -0.390 e. The van der Waals surface area contributed by atoms with E-state index in [1.165, 1.54) is 6.20 Å². The second kappa shape index (κ2) is 8.37. The van der Waals surface area contributed by atoms with Crippen molar-refractivity contribution in [2.45, 2.75) is 56.0 Å². The number of thiazole rings is 1. The highest BCUT2D eigenvalue weighted by Gasteiger charge is 2.40. The Kier molecular flexibility index (Phi) is 6.73. The molecule has 136 valence electrons. The SMILES string of the molecule is CC(C)CCC(=O)N(C1CCCNC[C@@H]1O)S(=O)(=O)c1nccs1. The molecule has 1 aromatic heterocycles. The van der Waals surface area contributed by atoms with Crippen molar-refractivity contribution in [1.29, 1.82) is 0 Å². The largest absolute Gasteiger partial charge is 0.390 e. The van der Waals surface area contributed by atoms with Crippen molar-refractivity contribution in [3.05, 3.63) is 11.6 Å². The second-order valence-electron chi connectivity index (χ2n) is 6.41. The lowest BCUT2D eigenvalue weighted by Crippen LogP contribution is -2.51. The topological polar surface area (TPSA) is 99.6 Å². The fraction of sp³-hybridized carbons (Fsp3) is 0.733. The van der Waals surface area contributed by atoms with E-state index in [4.69, 9.17) is 0 Å². The highest BCUT2D eigenvalue weighted by molar-refractivity contribution is 7.91. The number of hydrogen-bond donors (Lipinski definition) is 2. The lowest BCUT2D eigenvalue weighted by Gasteiger charge is -2.32. The van der Waals surface area contributed by atoms with Crippen molar-refractivity contribution >= 4 is 27.3 Å². The molecule has 0 aliphatic carbocycles. The average Bonchev–Trinajstić information content (AvgIpc) is 2.99. The Morgan fingerprint density at radius 2 is 2.29 bits per heavy atom. The van der Waals surface area contributed by atoms with Crippen molar-refractivity contribution in [2.24, 2.45) is 5.92 Å². The van der Waals surface area contributed by atoms with Crippen LogP contribution in [0.3, 0.4) is 0 Å². The van der Waals surface area contributed by atoms with Gasteiger partial charge < -0.3 is 10.4 Å². The summed E-state index contributed by atoms with van der Waals surface area (Å²) in [6.45, 7) is 4.93. The predicted octanol–water partition coefficient (Wildman–Crippen LogP) is 1.21. The molecule has 2 heterocycles. The van der Waals surface area contributed by atoms with Crippen LogP contribution in [0.2, 0.25) is 0 Å². The minimum atomic E-state index is -4.05. The van der Waals surface area contributed by atoms with Crippen LogP contribution in [-0.4, -0.2) is 54.0 Å². The Morgan fingerprint density at radius 1 is 1.54 bits per heavy atom. The van der Waals surface area contributed by atoms with E-state index >= 15 is 0 Å². The number of carbonyl (C=O) groups excluding carboxylic acids is 1. The van der Waals surface area contributed by atoms with Gasteiger partial charge in [0.1, 0.15) is 0 Å². The number of aromatic nitrogens is 1. The lowest BCUT2D eigenvalue weighted by atomic mass is 10.0. The van der Waals surface area contributed by atoms with Gasteiger partial charge in [0, 0.05) is 24.5 Å². The minimum absolute atomic E-state index is 0.107. The molecule has 0 aromatic carbocycles. The van der Waals surface area contributed by atoms with Gasteiger partial charge in [-0.25, -0.2) is 9.29 Å². The fourth-order valence-corrected chi connectivity index (χ4v) is 5.31. The van der Waals surface area contributed by atoms with Crippen molar-refractivity contribution in [1.82, 2.24) is 14.6 Å². The molecule has 7 nitrogen and oxygen atoms in total. The number of β-amino-alcohol motifs (C(OH)–C–C–N with tert-alkyl or cyclic N) is 1. The first-order valence-electron chi connectivity index (χ1n) is 8.19. The first-order chi connectivity index (χ1) is 11.3. The first-order valence-corrected chi connectivity index (χ1v) is 10.5. The first kappa shape index (κ1) is 19.3. The summed E-state index contributed by atoms with van der Waals surface area (Å²) in [5, 5.41) is 15.0. The standard InChI is InChI=1S/C15H25N3O4S2/c1-11(2)5-6-14(20)18(12-4-3-7-16-10-13(12)19)24(21,22)15-17-8-9-23-15/h8-9,11-13,16,19H,3-7,10H2,1-2H3/t12?,13-/m0/s1. The second-order valence-corrected chi connectivity index (χ2v) is 9.29. The number of nitrogens with zero attached hydrogens (tertiary/aromatic N) is 2. The van der Waals surface area contributed by atoms with Crippen LogP contribution in [0.5, 0.6) is 0 Å². The van der Waals surface area contributed by atoms with Gasteiger partial charge in [-0.2, -0.15) is 8.42 Å². The summed E-state index contributed by atoms with van der Waals surface area (Å²) in [4.78, 5) is 16.6. The molecule has 2 N–H and O–H groups in total. The Labute approximate surface area is 147 Å². The smallest absolute Gasteiger partial charge is 0.294 e. The van der Waals surface area contributed by atoms with Crippen LogP contribution in [0.15, 0.2) is 15.9 Å². The van der Waals surface area contributed by atoms with Crippen molar-refractivity contribution in [3.63, 3.8) is 0 Å². The van der Waals surface area contributed by atoms with E-state index in [0.29, 0.717) is 31.7 Å². The van der Waals surface area contributed by atoms with E-state index in [-0.39, 0.29) is 17.3 Å². The molecule has 1 amide bonds. The number of amides is 1. The summed E-state index contributed by atoms with van der Waals surface area (Å²) in [7, 11) is -4.05. The number of rotatable bonds is 6. The Balaban J connectivity index is 2.35. The summed E-state index contributed by atoms with van der Waals surface area (Å²) in [6.07, 6.45) is 2.35. The summed E-state index contributed by atoms with van der Waals surface area (Å²) in [6, 6.07) is -0.756. The van der Waals surface area contributed by atoms with Crippen LogP contribution in [0.4, 0.5) is 0 Å². The highest BCUT2D eigenvalue weighted by Crippen LogP contribution is 2.26. The summed E-state index contributed by atoms with van der Waals surface area (Å²) in [5.74, 6) is -0.177. The normalized spacial score (nSPS) is 22.3. The van der Waals surface area contributed by atoms with Gasteiger partial charge in [-0.3, -0.25) is 4.79 Å².